The molecule has 0 unspecified atom stereocenters. The van der Waals surface area contributed by atoms with Crippen LogP contribution in [0.5, 0.6) is 0 Å². The summed E-state index contributed by atoms with van der Waals surface area (Å²) >= 11 is 0. The Balaban J connectivity index is 2.61. The fraction of sp³-hybridized carbons (Fsp3) is 0.364. The molecule has 4 nitrogen and oxygen atoms in total. The number of hydrogen-bond acceptors (Lipinski definition) is 3. The highest BCUT2D eigenvalue weighted by Gasteiger charge is 2.16. The van der Waals surface area contributed by atoms with Crippen LogP contribution >= 0.6 is 0 Å². The van der Waals surface area contributed by atoms with E-state index in [1.807, 2.05) is 0 Å². The van der Waals surface area contributed by atoms with Crippen LogP contribution in [-0.4, -0.2) is 26.4 Å². The molecule has 1 N–H and O–H groups in total. The third-order valence-electron chi connectivity index (χ3n) is 2.10. The molecule has 94 valence electrons. The van der Waals surface area contributed by atoms with Gasteiger partial charge in [-0.3, -0.25) is 4.79 Å². The number of rotatable bonds is 5. The molecule has 0 bridgehead atoms. The number of methoxy groups -OCH3 is 2. The van der Waals surface area contributed by atoms with Crippen LogP contribution in [-0.2, 0) is 20.8 Å². The minimum atomic E-state index is -1.06. The average Bonchev–Trinajstić information content (AvgIpc) is 2.32. The molecule has 0 spiro atoms. The quantitative estimate of drug-likeness (QED) is 0.793. The lowest BCUT2D eigenvalue weighted by Crippen LogP contribution is -2.36. The summed E-state index contributed by atoms with van der Waals surface area (Å²) in [4.78, 5) is 11.4. The van der Waals surface area contributed by atoms with Crippen LogP contribution in [0.25, 0.3) is 0 Å². The van der Waals surface area contributed by atoms with E-state index < -0.39 is 23.8 Å². The van der Waals surface area contributed by atoms with Gasteiger partial charge in [-0.15, -0.1) is 0 Å². The fourth-order valence-corrected chi connectivity index (χ4v) is 1.25. The van der Waals surface area contributed by atoms with Gasteiger partial charge in [-0.1, -0.05) is 0 Å². The summed E-state index contributed by atoms with van der Waals surface area (Å²) in [6.07, 6.45) is -1.06. The summed E-state index contributed by atoms with van der Waals surface area (Å²) in [6, 6.07) is 3.03. The molecule has 0 atom stereocenters. The molecule has 0 saturated heterocycles. The summed E-state index contributed by atoms with van der Waals surface area (Å²) < 4.78 is 35.4. The van der Waals surface area contributed by atoms with Crippen LogP contribution in [0.15, 0.2) is 18.2 Å². The third kappa shape index (κ3) is 3.76. The van der Waals surface area contributed by atoms with Crippen LogP contribution in [0.4, 0.5) is 8.78 Å². The molecule has 0 heterocycles. The summed E-state index contributed by atoms with van der Waals surface area (Å²) in [5.74, 6) is -1.71. The van der Waals surface area contributed by atoms with Gasteiger partial charge in [0.25, 0.3) is 5.91 Å². The molecule has 1 aromatic carbocycles. The molecule has 0 aromatic heterocycles. The number of benzene rings is 1. The van der Waals surface area contributed by atoms with Crippen molar-refractivity contribution in [1.29, 1.82) is 0 Å². The highest BCUT2D eigenvalue weighted by molar-refractivity contribution is 5.79. The van der Waals surface area contributed by atoms with Crippen LogP contribution in [0.3, 0.4) is 0 Å². The van der Waals surface area contributed by atoms with Crippen molar-refractivity contribution in [3.05, 3.63) is 35.4 Å². The SMILES string of the molecule is COC(OC)C(=O)NCc1cc(F)ccc1F. The van der Waals surface area contributed by atoms with E-state index in [2.05, 4.69) is 5.32 Å². The van der Waals surface area contributed by atoms with Crippen molar-refractivity contribution in [2.45, 2.75) is 12.8 Å². The van der Waals surface area contributed by atoms with Gasteiger partial charge in [0.1, 0.15) is 11.6 Å². The minimum absolute atomic E-state index is 0.0595. The summed E-state index contributed by atoms with van der Waals surface area (Å²) in [5, 5.41) is 2.37. The Hall–Kier alpha value is -1.53. The standard InChI is InChI=1S/C11H13F2NO3/c1-16-11(17-2)10(15)14-6-7-5-8(12)3-4-9(7)13/h3-5,11H,6H2,1-2H3,(H,14,15). The Morgan fingerprint density at radius 3 is 2.59 bits per heavy atom. The van der Waals surface area contributed by atoms with Gasteiger partial charge >= 0.3 is 0 Å². The first-order valence-corrected chi connectivity index (χ1v) is 4.85. The Morgan fingerprint density at radius 2 is 2.00 bits per heavy atom. The molecular formula is C11H13F2NO3. The highest BCUT2D eigenvalue weighted by Crippen LogP contribution is 2.09. The van der Waals surface area contributed by atoms with Crippen molar-refractivity contribution < 1.29 is 23.0 Å². The Bertz CT molecular complexity index is 394. The van der Waals surface area contributed by atoms with Gasteiger partial charge in [0.2, 0.25) is 6.29 Å². The van der Waals surface area contributed by atoms with Crippen molar-refractivity contribution in [2.75, 3.05) is 14.2 Å². The first-order valence-electron chi connectivity index (χ1n) is 4.85. The van der Waals surface area contributed by atoms with E-state index in [0.717, 1.165) is 18.2 Å². The van der Waals surface area contributed by atoms with E-state index in [1.54, 1.807) is 0 Å². The van der Waals surface area contributed by atoms with E-state index in [-0.39, 0.29) is 12.1 Å². The molecule has 1 aromatic rings. The molecule has 0 fully saturated rings. The third-order valence-corrected chi connectivity index (χ3v) is 2.10. The Morgan fingerprint density at radius 1 is 1.35 bits per heavy atom. The van der Waals surface area contributed by atoms with Crippen molar-refractivity contribution in [2.24, 2.45) is 0 Å². The molecule has 0 aliphatic rings. The molecule has 1 amide bonds. The normalized spacial score (nSPS) is 10.6. The number of halogens is 2. The van der Waals surface area contributed by atoms with Crippen LogP contribution in [0.2, 0.25) is 0 Å². The maximum absolute atomic E-state index is 13.2. The molecule has 1 rings (SSSR count). The lowest BCUT2D eigenvalue weighted by molar-refractivity contribution is -0.159. The zero-order chi connectivity index (χ0) is 12.8. The molecule has 0 aliphatic carbocycles. The number of ether oxygens (including phenoxy) is 2. The summed E-state index contributed by atoms with van der Waals surface area (Å²) in [6.45, 7) is -0.133. The van der Waals surface area contributed by atoms with Crippen LogP contribution < -0.4 is 5.32 Å². The fourth-order valence-electron chi connectivity index (χ4n) is 1.25. The Labute approximate surface area is 97.5 Å². The second-order valence-electron chi connectivity index (χ2n) is 3.26. The smallest absolute Gasteiger partial charge is 0.277 e. The van der Waals surface area contributed by atoms with E-state index in [4.69, 9.17) is 9.47 Å². The molecule has 0 radical (unpaired) electrons. The lowest BCUT2D eigenvalue weighted by atomic mass is 10.2. The average molecular weight is 245 g/mol. The van der Waals surface area contributed by atoms with Gasteiger partial charge in [0.15, 0.2) is 0 Å². The predicted octanol–water partition coefficient (Wildman–Crippen LogP) is 1.20. The second kappa shape index (κ2) is 6.27. The van der Waals surface area contributed by atoms with Gasteiger partial charge in [-0.2, -0.15) is 0 Å². The number of carbonyl (C=O) groups excluding carboxylic acids is 1. The summed E-state index contributed by atoms with van der Waals surface area (Å²) in [5.41, 5.74) is 0.0595. The van der Waals surface area contributed by atoms with E-state index in [9.17, 15) is 13.6 Å². The molecule has 17 heavy (non-hydrogen) atoms. The monoisotopic (exact) mass is 245 g/mol. The number of amides is 1. The van der Waals surface area contributed by atoms with E-state index in [0.29, 0.717) is 0 Å². The first-order chi connectivity index (χ1) is 8.08. The van der Waals surface area contributed by atoms with Crippen molar-refractivity contribution >= 4 is 5.91 Å². The molecule has 0 saturated carbocycles. The number of nitrogens with one attached hydrogen (secondary N) is 1. The van der Waals surface area contributed by atoms with Gasteiger partial charge in [-0.25, -0.2) is 8.78 Å². The Kier molecular flexibility index (Phi) is 4.99. The van der Waals surface area contributed by atoms with E-state index >= 15 is 0 Å². The zero-order valence-corrected chi connectivity index (χ0v) is 9.50. The first kappa shape index (κ1) is 13.5. The zero-order valence-electron chi connectivity index (χ0n) is 9.50. The van der Waals surface area contributed by atoms with E-state index in [1.165, 1.54) is 14.2 Å². The van der Waals surface area contributed by atoms with Crippen LogP contribution in [0, 0.1) is 11.6 Å². The second-order valence-corrected chi connectivity index (χ2v) is 3.26. The lowest BCUT2D eigenvalue weighted by Gasteiger charge is -2.13. The van der Waals surface area contributed by atoms with Gasteiger partial charge in [0, 0.05) is 26.3 Å². The van der Waals surface area contributed by atoms with Crippen molar-refractivity contribution in [3.63, 3.8) is 0 Å². The largest absolute Gasteiger partial charge is 0.348 e. The van der Waals surface area contributed by atoms with Gasteiger partial charge < -0.3 is 14.8 Å². The topological polar surface area (TPSA) is 47.6 Å². The maximum Gasteiger partial charge on any atom is 0.277 e. The van der Waals surface area contributed by atoms with Crippen LogP contribution in [0.1, 0.15) is 5.56 Å². The molecule has 6 heteroatoms. The van der Waals surface area contributed by atoms with Crippen molar-refractivity contribution in [1.82, 2.24) is 5.32 Å². The molecule has 0 aliphatic heterocycles. The number of hydrogen-bond donors (Lipinski definition) is 1. The van der Waals surface area contributed by atoms with Crippen molar-refractivity contribution in [3.8, 4) is 0 Å². The number of carbonyl (C=O) groups is 1. The summed E-state index contributed by atoms with van der Waals surface area (Å²) in [7, 11) is 2.60. The predicted molar refractivity (Wildman–Crippen MR) is 56.0 cm³/mol. The molecular weight excluding hydrogens is 232 g/mol. The van der Waals surface area contributed by atoms with Gasteiger partial charge in [-0.05, 0) is 18.2 Å². The van der Waals surface area contributed by atoms with Gasteiger partial charge in [0.05, 0.1) is 0 Å². The highest BCUT2D eigenvalue weighted by atomic mass is 19.1. The maximum atomic E-state index is 13.2. The minimum Gasteiger partial charge on any atom is -0.348 e.